The molecule has 1 saturated heterocycles. The summed E-state index contributed by atoms with van der Waals surface area (Å²) in [6.45, 7) is 3.09. The largest absolute Gasteiger partial charge is 0.466 e. The van der Waals surface area contributed by atoms with Crippen molar-refractivity contribution in [3.8, 4) is 0 Å². The molecule has 2 rings (SSSR count). The molecule has 1 fully saturated rings. The Morgan fingerprint density at radius 3 is 2.70 bits per heavy atom. The predicted octanol–water partition coefficient (Wildman–Crippen LogP) is 2.69. The Hall–Kier alpha value is -1.82. The number of carbonyl (C=O) groups is 2. The molecule has 0 radical (unpaired) electrons. The van der Waals surface area contributed by atoms with Crippen LogP contribution in [0.25, 0.3) is 0 Å². The quantitative estimate of drug-likeness (QED) is 0.836. The summed E-state index contributed by atoms with van der Waals surface area (Å²) in [6, 6.07) is 4.34. The first-order chi connectivity index (χ1) is 11.0. The van der Waals surface area contributed by atoms with Gasteiger partial charge in [0.15, 0.2) is 0 Å². The van der Waals surface area contributed by atoms with E-state index in [-0.39, 0.29) is 35.0 Å². The molecule has 23 heavy (non-hydrogen) atoms. The van der Waals surface area contributed by atoms with Gasteiger partial charge in [0, 0.05) is 13.1 Å². The molecule has 1 heterocycles. The van der Waals surface area contributed by atoms with Crippen LogP contribution in [-0.4, -0.2) is 43.0 Å². The molecule has 0 unspecified atom stereocenters. The third kappa shape index (κ3) is 4.58. The number of nitrogens with zero attached hydrogens (tertiary/aromatic N) is 1. The molecule has 1 N–H and O–H groups in total. The third-order valence-electron chi connectivity index (χ3n) is 3.85. The number of hydrogen-bond acceptors (Lipinski definition) is 4. The number of nitrogens with one attached hydrogen (secondary N) is 1. The number of piperidine rings is 1. The molecule has 1 aromatic carbocycles. The smallest absolute Gasteiger partial charge is 0.309 e. The molecule has 0 aliphatic carbocycles. The third-order valence-corrected chi connectivity index (χ3v) is 4.16. The van der Waals surface area contributed by atoms with E-state index in [1.807, 2.05) is 0 Å². The minimum absolute atomic E-state index is 0.0370. The van der Waals surface area contributed by atoms with E-state index in [9.17, 15) is 14.0 Å². The maximum Gasteiger partial charge on any atom is 0.309 e. The minimum atomic E-state index is -0.494. The van der Waals surface area contributed by atoms with Gasteiger partial charge in [-0.2, -0.15) is 0 Å². The summed E-state index contributed by atoms with van der Waals surface area (Å²) in [4.78, 5) is 25.5. The van der Waals surface area contributed by atoms with Crippen molar-refractivity contribution in [1.29, 1.82) is 0 Å². The van der Waals surface area contributed by atoms with Gasteiger partial charge in [0.05, 0.1) is 29.8 Å². The van der Waals surface area contributed by atoms with E-state index in [1.165, 1.54) is 12.1 Å². The molecule has 0 atom stereocenters. The Morgan fingerprint density at radius 2 is 2.09 bits per heavy atom. The first kappa shape index (κ1) is 17.5. The van der Waals surface area contributed by atoms with Gasteiger partial charge in [-0.05, 0) is 31.9 Å². The Morgan fingerprint density at radius 1 is 1.39 bits per heavy atom. The van der Waals surface area contributed by atoms with Gasteiger partial charge >= 0.3 is 5.97 Å². The number of halogens is 2. The van der Waals surface area contributed by atoms with Crippen molar-refractivity contribution in [3.05, 3.63) is 29.0 Å². The van der Waals surface area contributed by atoms with Gasteiger partial charge in [-0.1, -0.05) is 17.7 Å². The van der Waals surface area contributed by atoms with Gasteiger partial charge in [0.25, 0.3) is 0 Å². The first-order valence-corrected chi connectivity index (χ1v) is 8.03. The lowest BCUT2D eigenvalue weighted by atomic mass is 9.97. The molecule has 1 amide bonds. The number of anilines is 1. The normalized spacial score (nSPS) is 15.3. The second-order valence-electron chi connectivity index (χ2n) is 5.36. The SMILES string of the molecule is CCOC(=O)C1CCN(C(=O)CNc2c(F)cccc2Cl)CC1. The molecule has 1 aliphatic rings. The molecule has 1 aromatic rings. The maximum atomic E-state index is 13.6. The monoisotopic (exact) mass is 342 g/mol. The number of carbonyl (C=O) groups excluding carboxylic acids is 2. The van der Waals surface area contributed by atoms with Crippen LogP contribution in [0.4, 0.5) is 10.1 Å². The van der Waals surface area contributed by atoms with Crippen LogP contribution in [0.3, 0.4) is 0 Å². The van der Waals surface area contributed by atoms with E-state index in [4.69, 9.17) is 16.3 Å². The van der Waals surface area contributed by atoms with Crippen molar-refractivity contribution in [3.63, 3.8) is 0 Å². The van der Waals surface area contributed by atoms with E-state index >= 15 is 0 Å². The second-order valence-corrected chi connectivity index (χ2v) is 5.76. The van der Waals surface area contributed by atoms with Crippen LogP contribution < -0.4 is 5.32 Å². The van der Waals surface area contributed by atoms with Crippen LogP contribution in [0.2, 0.25) is 5.02 Å². The molecule has 0 bridgehead atoms. The van der Waals surface area contributed by atoms with Gasteiger partial charge in [0.2, 0.25) is 5.91 Å². The highest BCUT2D eigenvalue weighted by Gasteiger charge is 2.28. The van der Waals surface area contributed by atoms with Gasteiger partial charge < -0.3 is 15.0 Å². The number of amides is 1. The van der Waals surface area contributed by atoms with Gasteiger partial charge in [-0.25, -0.2) is 4.39 Å². The number of rotatable bonds is 5. The zero-order chi connectivity index (χ0) is 16.8. The number of para-hydroxylation sites is 1. The topological polar surface area (TPSA) is 58.6 Å². The number of likely N-dealkylation sites (tertiary alicyclic amines) is 1. The van der Waals surface area contributed by atoms with Crippen molar-refractivity contribution in [2.45, 2.75) is 19.8 Å². The lowest BCUT2D eigenvalue weighted by Gasteiger charge is -2.31. The van der Waals surface area contributed by atoms with Crippen LogP contribution in [-0.2, 0) is 14.3 Å². The second kappa shape index (κ2) is 8.15. The van der Waals surface area contributed by atoms with E-state index in [1.54, 1.807) is 17.9 Å². The fourth-order valence-electron chi connectivity index (χ4n) is 2.57. The van der Waals surface area contributed by atoms with Crippen LogP contribution >= 0.6 is 11.6 Å². The van der Waals surface area contributed by atoms with Crippen molar-refractivity contribution in [1.82, 2.24) is 4.90 Å². The predicted molar refractivity (Wildman–Crippen MR) is 85.8 cm³/mol. The number of hydrogen-bond donors (Lipinski definition) is 1. The molecule has 126 valence electrons. The zero-order valence-corrected chi connectivity index (χ0v) is 13.7. The average molecular weight is 343 g/mol. The molecular formula is C16H20ClFN2O3. The Bertz CT molecular complexity index is 554. The van der Waals surface area contributed by atoms with Crippen molar-refractivity contribution < 1.29 is 18.7 Å². The summed E-state index contributed by atoms with van der Waals surface area (Å²) in [5.41, 5.74) is 0.129. The van der Waals surface area contributed by atoms with Crippen LogP contribution in [0.5, 0.6) is 0 Å². The highest BCUT2D eigenvalue weighted by Crippen LogP contribution is 2.24. The first-order valence-electron chi connectivity index (χ1n) is 7.65. The lowest BCUT2D eigenvalue weighted by molar-refractivity contribution is -0.151. The number of ether oxygens (including phenoxy) is 1. The summed E-state index contributed by atoms with van der Waals surface area (Å²) in [6.07, 6.45) is 1.18. The summed E-state index contributed by atoms with van der Waals surface area (Å²) < 4.78 is 18.6. The van der Waals surface area contributed by atoms with E-state index in [2.05, 4.69) is 5.32 Å². The molecule has 7 heteroatoms. The molecule has 1 aliphatic heterocycles. The fourth-order valence-corrected chi connectivity index (χ4v) is 2.80. The average Bonchev–Trinajstić information content (AvgIpc) is 2.54. The van der Waals surface area contributed by atoms with E-state index in [0.29, 0.717) is 32.5 Å². The summed E-state index contributed by atoms with van der Waals surface area (Å²) in [5, 5.41) is 2.98. The van der Waals surface area contributed by atoms with E-state index < -0.39 is 5.82 Å². The molecule has 0 saturated carbocycles. The van der Waals surface area contributed by atoms with Gasteiger partial charge in [-0.15, -0.1) is 0 Å². The Kier molecular flexibility index (Phi) is 6.21. The number of benzene rings is 1. The zero-order valence-electron chi connectivity index (χ0n) is 13.0. The highest BCUT2D eigenvalue weighted by atomic mass is 35.5. The van der Waals surface area contributed by atoms with Gasteiger partial charge in [0.1, 0.15) is 5.82 Å². The number of esters is 1. The van der Waals surface area contributed by atoms with Gasteiger partial charge in [-0.3, -0.25) is 9.59 Å². The van der Waals surface area contributed by atoms with Crippen molar-refractivity contribution >= 4 is 29.2 Å². The van der Waals surface area contributed by atoms with Crippen molar-refractivity contribution in [2.24, 2.45) is 5.92 Å². The molecule has 0 aromatic heterocycles. The molecular weight excluding hydrogens is 323 g/mol. The molecule has 0 spiro atoms. The standard InChI is InChI=1S/C16H20ClFN2O3/c1-2-23-16(22)11-6-8-20(9-7-11)14(21)10-19-15-12(17)4-3-5-13(15)18/h3-5,11,19H,2,6-10H2,1H3. The maximum absolute atomic E-state index is 13.6. The summed E-state index contributed by atoms with van der Waals surface area (Å²) >= 11 is 5.90. The summed E-state index contributed by atoms with van der Waals surface area (Å²) in [5.74, 6) is -0.984. The Labute approximate surface area is 139 Å². The fraction of sp³-hybridized carbons (Fsp3) is 0.500. The lowest BCUT2D eigenvalue weighted by Crippen LogP contribution is -2.43. The molecule has 5 nitrogen and oxygen atoms in total. The summed E-state index contributed by atoms with van der Waals surface area (Å²) in [7, 11) is 0. The van der Waals surface area contributed by atoms with Crippen LogP contribution in [0, 0.1) is 11.7 Å². The van der Waals surface area contributed by atoms with Crippen molar-refractivity contribution in [2.75, 3.05) is 31.6 Å². The highest BCUT2D eigenvalue weighted by molar-refractivity contribution is 6.33. The van der Waals surface area contributed by atoms with Crippen LogP contribution in [0.1, 0.15) is 19.8 Å². The van der Waals surface area contributed by atoms with E-state index in [0.717, 1.165) is 0 Å². The minimum Gasteiger partial charge on any atom is -0.466 e. The Balaban J connectivity index is 1.83. The van der Waals surface area contributed by atoms with Crippen LogP contribution in [0.15, 0.2) is 18.2 Å².